The molecule has 1 aliphatic rings. The topological polar surface area (TPSA) is 66.5 Å². The Bertz CT molecular complexity index is 506. The first-order valence-corrected chi connectivity index (χ1v) is 8.20. The molecule has 2 rings (SSSR count). The van der Waals surface area contributed by atoms with Crippen LogP contribution in [0.25, 0.3) is 0 Å². The Morgan fingerprint density at radius 2 is 1.44 bits per heavy atom. The summed E-state index contributed by atoms with van der Waals surface area (Å²) in [7, 11) is 6.38. The molecule has 0 bridgehead atoms. The maximum atomic E-state index is 12.8. The summed E-state index contributed by atoms with van der Waals surface area (Å²) < 4.78 is 27.3. The number of carbonyl (C=O) groups excluding carboxylic acids is 1. The number of nitrogens with zero attached hydrogens (tertiary/aromatic N) is 1. The predicted molar refractivity (Wildman–Crippen MR) is 91.4 cm³/mol. The molecule has 0 N–H and O–H groups in total. The van der Waals surface area contributed by atoms with Crippen LogP contribution in [-0.4, -0.2) is 76.9 Å². The van der Waals surface area contributed by atoms with Crippen LogP contribution in [0, 0.1) is 0 Å². The molecule has 7 nitrogen and oxygen atoms in total. The molecule has 4 atom stereocenters. The summed E-state index contributed by atoms with van der Waals surface area (Å²) in [4.78, 5) is 14.4. The first kappa shape index (κ1) is 19.7. The number of likely N-dealkylation sites (tertiary alicyclic amines) is 1. The second-order valence-electron chi connectivity index (χ2n) is 5.89. The highest BCUT2D eigenvalue weighted by Crippen LogP contribution is 2.30. The number of methoxy groups -OCH3 is 4. The molecule has 1 amide bonds. The van der Waals surface area contributed by atoms with Crippen molar-refractivity contribution in [3.63, 3.8) is 0 Å². The van der Waals surface area contributed by atoms with Gasteiger partial charge in [0.1, 0.15) is 18.8 Å². The molecule has 25 heavy (non-hydrogen) atoms. The van der Waals surface area contributed by atoms with Crippen LogP contribution in [0.15, 0.2) is 30.3 Å². The summed E-state index contributed by atoms with van der Waals surface area (Å²) >= 11 is 0. The van der Waals surface area contributed by atoms with Crippen molar-refractivity contribution >= 4 is 6.09 Å². The lowest BCUT2D eigenvalue weighted by Crippen LogP contribution is -2.47. The third-order valence-electron chi connectivity index (χ3n) is 4.43. The van der Waals surface area contributed by atoms with Gasteiger partial charge in [0.25, 0.3) is 0 Å². The predicted octanol–water partition coefficient (Wildman–Crippen LogP) is 1.70. The molecule has 0 radical (unpaired) electrons. The minimum atomic E-state index is -0.436. The second-order valence-corrected chi connectivity index (χ2v) is 5.89. The van der Waals surface area contributed by atoms with Gasteiger partial charge in [-0.2, -0.15) is 0 Å². The molecule has 1 fully saturated rings. The summed E-state index contributed by atoms with van der Waals surface area (Å²) in [6.07, 6.45) is -1.08. The zero-order valence-corrected chi connectivity index (χ0v) is 15.2. The molecule has 1 aliphatic heterocycles. The number of hydrogen-bond acceptors (Lipinski definition) is 6. The fraction of sp³-hybridized carbons (Fsp3) is 0.611. The quantitative estimate of drug-likeness (QED) is 0.709. The zero-order valence-electron chi connectivity index (χ0n) is 15.2. The van der Waals surface area contributed by atoms with Gasteiger partial charge < -0.3 is 23.7 Å². The van der Waals surface area contributed by atoms with E-state index in [2.05, 4.69) is 0 Å². The Balaban J connectivity index is 2.17. The molecule has 1 saturated heterocycles. The van der Waals surface area contributed by atoms with E-state index in [0.29, 0.717) is 13.2 Å². The van der Waals surface area contributed by atoms with Crippen molar-refractivity contribution in [3.05, 3.63) is 35.9 Å². The average molecular weight is 353 g/mol. The van der Waals surface area contributed by atoms with E-state index >= 15 is 0 Å². The van der Waals surface area contributed by atoms with Crippen molar-refractivity contribution in [3.8, 4) is 0 Å². The van der Waals surface area contributed by atoms with E-state index in [-0.39, 0.29) is 30.9 Å². The Labute approximate surface area is 148 Å². The van der Waals surface area contributed by atoms with E-state index < -0.39 is 6.09 Å². The molecule has 1 aromatic rings. The standard InChI is InChI=1S/C18H27NO6/c1-21-11-14-16(23-3)17(24-4)15(12-22-2)19(14)18(20)25-10-13-8-6-5-7-9-13/h5-9,14-17H,10-12H2,1-4H3/t14-,15-,16-,17+/m1/s1. The number of benzene rings is 1. The highest BCUT2D eigenvalue weighted by molar-refractivity contribution is 5.69. The fourth-order valence-corrected chi connectivity index (χ4v) is 3.34. The van der Waals surface area contributed by atoms with Crippen molar-refractivity contribution in [2.24, 2.45) is 0 Å². The van der Waals surface area contributed by atoms with Gasteiger partial charge in [0, 0.05) is 28.4 Å². The summed E-state index contributed by atoms with van der Waals surface area (Å²) in [6, 6.07) is 8.91. The third kappa shape index (κ3) is 4.49. The maximum Gasteiger partial charge on any atom is 0.410 e. The molecule has 0 aliphatic carbocycles. The van der Waals surface area contributed by atoms with Crippen LogP contribution in [-0.2, 0) is 30.3 Å². The number of amides is 1. The largest absolute Gasteiger partial charge is 0.445 e. The average Bonchev–Trinajstić information content (AvgIpc) is 2.93. The lowest BCUT2D eigenvalue weighted by atomic mass is 10.1. The SMILES string of the molecule is COC[C@@H]1[C@H](OC)[C@H](OC)[C@@H](COC)N1C(=O)OCc1ccccc1. The van der Waals surface area contributed by atoms with Gasteiger partial charge in [0.05, 0.1) is 25.3 Å². The van der Waals surface area contributed by atoms with Gasteiger partial charge in [0.2, 0.25) is 0 Å². The number of ether oxygens (including phenoxy) is 5. The second kappa shape index (κ2) is 9.72. The first-order valence-electron chi connectivity index (χ1n) is 8.20. The molecular formula is C18H27NO6. The Hall–Kier alpha value is -1.67. The van der Waals surface area contributed by atoms with Crippen molar-refractivity contribution in [2.75, 3.05) is 41.7 Å². The first-order chi connectivity index (χ1) is 12.2. The van der Waals surface area contributed by atoms with Crippen LogP contribution in [0.3, 0.4) is 0 Å². The number of carbonyl (C=O) groups is 1. The summed E-state index contributed by atoms with van der Waals surface area (Å²) in [6.45, 7) is 0.836. The van der Waals surface area contributed by atoms with E-state index in [1.54, 1.807) is 33.3 Å². The molecule has 7 heteroatoms. The van der Waals surface area contributed by atoms with Crippen molar-refractivity contribution in [1.82, 2.24) is 4.90 Å². The zero-order chi connectivity index (χ0) is 18.2. The molecule has 1 aromatic carbocycles. The smallest absolute Gasteiger partial charge is 0.410 e. The van der Waals surface area contributed by atoms with Gasteiger partial charge in [0.15, 0.2) is 0 Å². The normalized spacial score (nSPS) is 26.0. The van der Waals surface area contributed by atoms with Crippen LogP contribution >= 0.6 is 0 Å². The summed E-state index contributed by atoms with van der Waals surface area (Å²) in [5, 5.41) is 0. The van der Waals surface area contributed by atoms with Crippen LogP contribution in [0.4, 0.5) is 4.79 Å². The molecule has 0 unspecified atom stereocenters. The lowest BCUT2D eigenvalue weighted by Gasteiger charge is -2.29. The molecule has 0 aromatic heterocycles. The Morgan fingerprint density at radius 1 is 0.920 bits per heavy atom. The molecule has 0 saturated carbocycles. The fourth-order valence-electron chi connectivity index (χ4n) is 3.34. The molecule has 1 heterocycles. The van der Waals surface area contributed by atoms with Crippen molar-refractivity contribution in [1.29, 1.82) is 0 Å². The summed E-state index contributed by atoms with van der Waals surface area (Å²) in [5.74, 6) is 0. The van der Waals surface area contributed by atoms with Gasteiger partial charge >= 0.3 is 6.09 Å². The number of rotatable bonds is 8. The van der Waals surface area contributed by atoms with Crippen LogP contribution < -0.4 is 0 Å². The minimum absolute atomic E-state index is 0.199. The van der Waals surface area contributed by atoms with Crippen molar-refractivity contribution in [2.45, 2.75) is 30.9 Å². The van der Waals surface area contributed by atoms with E-state index in [4.69, 9.17) is 23.7 Å². The Morgan fingerprint density at radius 3 is 1.88 bits per heavy atom. The van der Waals surface area contributed by atoms with Gasteiger partial charge in [-0.3, -0.25) is 4.90 Å². The van der Waals surface area contributed by atoms with E-state index in [1.165, 1.54) is 0 Å². The molecule has 0 spiro atoms. The van der Waals surface area contributed by atoms with Crippen LogP contribution in [0.2, 0.25) is 0 Å². The molecular weight excluding hydrogens is 326 g/mol. The van der Waals surface area contributed by atoms with Gasteiger partial charge in [-0.1, -0.05) is 30.3 Å². The summed E-state index contributed by atoms with van der Waals surface area (Å²) in [5.41, 5.74) is 0.924. The Kier molecular flexibility index (Phi) is 7.64. The molecule has 140 valence electrons. The van der Waals surface area contributed by atoms with Crippen molar-refractivity contribution < 1.29 is 28.5 Å². The van der Waals surface area contributed by atoms with Gasteiger partial charge in [-0.15, -0.1) is 0 Å². The monoisotopic (exact) mass is 353 g/mol. The maximum absolute atomic E-state index is 12.8. The minimum Gasteiger partial charge on any atom is -0.445 e. The van der Waals surface area contributed by atoms with E-state index in [0.717, 1.165) is 5.56 Å². The highest BCUT2D eigenvalue weighted by atomic mass is 16.6. The van der Waals surface area contributed by atoms with E-state index in [9.17, 15) is 4.79 Å². The number of hydrogen-bond donors (Lipinski definition) is 0. The van der Waals surface area contributed by atoms with Crippen LogP contribution in [0.5, 0.6) is 0 Å². The van der Waals surface area contributed by atoms with Gasteiger partial charge in [-0.25, -0.2) is 4.79 Å². The van der Waals surface area contributed by atoms with Gasteiger partial charge in [-0.05, 0) is 5.56 Å². The third-order valence-corrected chi connectivity index (χ3v) is 4.43. The highest BCUT2D eigenvalue weighted by Gasteiger charge is 2.52. The van der Waals surface area contributed by atoms with Crippen LogP contribution in [0.1, 0.15) is 5.56 Å². The lowest BCUT2D eigenvalue weighted by molar-refractivity contribution is -0.0418. The van der Waals surface area contributed by atoms with E-state index in [1.807, 2.05) is 30.3 Å².